The predicted octanol–water partition coefficient (Wildman–Crippen LogP) is 5.51. The number of aromatic nitrogens is 1. The van der Waals surface area contributed by atoms with Gasteiger partial charge in [0.2, 0.25) is 5.91 Å². The summed E-state index contributed by atoms with van der Waals surface area (Å²) in [6.45, 7) is 3.03. The molecule has 1 aliphatic carbocycles. The van der Waals surface area contributed by atoms with Crippen LogP contribution in [0.4, 0.5) is 0 Å². The Morgan fingerprint density at radius 1 is 1.00 bits per heavy atom. The van der Waals surface area contributed by atoms with E-state index in [-0.39, 0.29) is 17.8 Å². The minimum absolute atomic E-state index is 0.0423. The number of nitrogens with zero attached hydrogens (tertiary/aromatic N) is 2. The van der Waals surface area contributed by atoms with Crippen LogP contribution in [0.3, 0.4) is 0 Å². The van der Waals surface area contributed by atoms with Crippen molar-refractivity contribution in [2.75, 3.05) is 13.7 Å². The summed E-state index contributed by atoms with van der Waals surface area (Å²) in [5.74, 6) is 0.141. The summed E-state index contributed by atoms with van der Waals surface area (Å²) in [7, 11) is 1.40. The molecule has 6 heteroatoms. The Bertz CT molecular complexity index is 1520. The van der Waals surface area contributed by atoms with Crippen molar-refractivity contribution < 1.29 is 14.3 Å². The number of carbonyl (C=O) groups excluding carboxylic acids is 2. The molecule has 1 amide bonds. The fourth-order valence-corrected chi connectivity index (χ4v) is 5.92. The van der Waals surface area contributed by atoms with Crippen LogP contribution in [-0.4, -0.2) is 35.4 Å². The monoisotopic (exact) mass is 531 g/mol. The van der Waals surface area contributed by atoms with Crippen molar-refractivity contribution in [2.24, 2.45) is 5.92 Å². The van der Waals surface area contributed by atoms with Crippen molar-refractivity contribution in [2.45, 2.75) is 38.4 Å². The lowest BCUT2D eigenvalue weighted by molar-refractivity contribution is -0.122. The number of amides is 1. The molecule has 0 radical (unpaired) electrons. The number of methoxy groups -OCH3 is 1. The summed E-state index contributed by atoms with van der Waals surface area (Å²) in [6.07, 6.45) is 5.51. The van der Waals surface area contributed by atoms with E-state index >= 15 is 0 Å². The standard InChI is InChI=1S/C34H33N3O3/c1-40-34(39)26-11-5-10-25(17-26)28-13-12-27(20-36-33(38)31-18-30(31)24-8-3-2-4-9-24)32-22-37(16-14-29(28)32)21-23-7-6-15-35-19-23/h2-13,15,17,19,30-31H,14,16,18,20-22H2,1H3,(H,36,38)/t30-,31-/m1/s1. The maximum Gasteiger partial charge on any atom is 0.337 e. The molecule has 4 aromatic rings. The van der Waals surface area contributed by atoms with Gasteiger partial charge >= 0.3 is 5.97 Å². The number of fused-ring (bicyclic) bond motifs is 1. The number of esters is 1. The van der Waals surface area contributed by atoms with Gasteiger partial charge in [0.25, 0.3) is 0 Å². The van der Waals surface area contributed by atoms with Crippen LogP contribution in [0, 0.1) is 5.92 Å². The van der Waals surface area contributed by atoms with E-state index in [1.165, 1.54) is 29.4 Å². The lowest BCUT2D eigenvalue weighted by atomic mass is 9.87. The fourth-order valence-electron chi connectivity index (χ4n) is 5.92. The minimum atomic E-state index is -0.341. The molecule has 2 heterocycles. The number of ether oxygens (including phenoxy) is 1. The largest absolute Gasteiger partial charge is 0.465 e. The summed E-state index contributed by atoms with van der Waals surface area (Å²) in [6, 6.07) is 26.3. The molecule has 2 atom stereocenters. The highest BCUT2D eigenvalue weighted by molar-refractivity contribution is 5.91. The van der Waals surface area contributed by atoms with Crippen LogP contribution in [0.25, 0.3) is 11.1 Å². The molecule has 202 valence electrons. The first kappa shape index (κ1) is 26.0. The Morgan fingerprint density at radius 3 is 2.67 bits per heavy atom. The molecule has 0 saturated heterocycles. The van der Waals surface area contributed by atoms with Gasteiger partial charge in [-0.3, -0.25) is 14.7 Å². The smallest absolute Gasteiger partial charge is 0.337 e. The van der Waals surface area contributed by atoms with Crippen LogP contribution in [0.5, 0.6) is 0 Å². The van der Waals surface area contributed by atoms with Gasteiger partial charge in [-0.15, -0.1) is 0 Å². The molecule has 1 aliphatic heterocycles. The van der Waals surface area contributed by atoms with Crippen LogP contribution in [-0.2, 0) is 35.6 Å². The lowest BCUT2D eigenvalue weighted by Crippen LogP contribution is -2.32. The Labute approximate surface area is 235 Å². The van der Waals surface area contributed by atoms with E-state index in [0.717, 1.165) is 49.2 Å². The van der Waals surface area contributed by atoms with E-state index in [1.54, 1.807) is 12.3 Å². The van der Waals surface area contributed by atoms with E-state index in [9.17, 15) is 9.59 Å². The molecule has 6 nitrogen and oxygen atoms in total. The molecule has 6 rings (SSSR count). The molecule has 1 aromatic heterocycles. The van der Waals surface area contributed by atoms with Crippen LogP contribution in [0.15, 0.2) is 91.3 Å². The summed E-state index contributed by atoms with van der Waals surface area (Å²) >= 11 is 0. The molecule has 0 spiro atoms. The van der Waals surface area contributed by atoms with Crippen LogP contribution in [0.1, 0.15) is 50.5 Å². The highest BCUT2D eigenvalue weighted by Gasteiger charge is 2.43. The van der Waals surface area contributed by atoms with Gasteiger partial charge in [0.15, 0.2) is 0 Å². The van der Waals surface area contributed by atoms with Gasteiger partial charge in [-0.05, 0) is 75.9 Å². The summed E-state index contributed by atoms with van der Waals surface area (Å²) in [5, 5.41) is 3.24. The van der Waals surface area contributed by atoms with Gasteiger partial charge in [-0.25, -0.2) is 4.79 Å². The van der Waals surface area contributed by atoms with E-state index in [2.05, 4.69) is 45.5 Å². The van der Waals surface area contributed by atoms with Crippen molar-refractivity contribution in [3.63, 3.8) is 0 Å². The SMILES string of the molecule is COC(=O)c1cccc(-c2ccc(CNC(=O)[C@@H]3C[C@@H]3c3ccccc3)c3c2CCN(Cc2cccnc2)C3)c1. The normalized spacial score (nSPS) is 18.0. The highest BCUT2D eigenvalue weighted by atomic mass is 16.5. The number of pyridine rings is 1. The van der Waals surface area contributed by atoms with E-state index in [4.69, 9.17) is 4.74 Å². The molecule has 1 N–H and O–H groups in total. The maximum absolute atomic E-state index is 13.1. The number of nitrogens with one attached hydrogen (secondary N) is 1. The second-order valence-corrected chi connectivity index (χ2v) is 10.7. The number of carbonyl (C=O) groups is 2. The Hall–Kier alpha value is -4.29. The fraction of sp³-hybridized carbons (Fsp3) is 0.265. The third-order valence-electron chi connectivity index (χ3n) is 8.12. The Morgan fingerprint density at radius 2 is 1.88 bits per heavy atom. The van der Waals surface area contributed by atoms with Crippen molar-refractivity contribution >= 4 is 11.9 Å². The third-order valence-corrected chi connectivity index (χ3v) is 8.12. The average Bonchev–Trinajstić information content (AvgIpc) is 3.82. The number of rotatable bonds is 8. The van der Waals surface area contributed by atoms with Crippen LogP contribution < -0.4 is 5.32 Å². The minimum Gasteiger partial charge on any atom is -0.465 e. The first-order chi connectivity index (χ1) is 19.6. The molecule has 2 aliphatic rings. The molecule has 3 aromatic carbocycles. The highest BCUT2D eigenvalue weighted by Crippen LogP contribution is 2.47. The Balaban J connectivity index is 1.25. The van der Waals surface area contributed by atoms with Gasteiger partial charge in [0.05, 0.1) is 12.7 Å². The van der Waals surface area contributed by atoms with Gasteiger partial charge in [-0.1, -0.05) is 60.7 Å². The van der Waals surface area contributed by atoms with Crippen LogP contribution in [0.2, 0.25) is 0 Å². The zero-order chi connectivity index (χ0) is 27.5. The summed E-state index contributed by atoms with van der Waals surface area (Å²) in [5.41, 5.74) is 8.77. The van der Waals surface area contributed by atoms with Crippen LogP contribution >= 0.6 is 0 Å². The quantitative estimate of drug-likeness (QED) is 0.304. The van der Waals surface area contributed by atoms with E-state index in [0.29, 0.717) is 18.0 Å². The second-order valence-electron chi connectivity index (χ2n) is 10.7. The first-order valence-electron chi connectivity index (χ1n) is 13.9. The Kier molecular flexibility index (Phi) is 7.43. The summed E-state index contributed by atoms with van der Waals surface area (Å²) in [4.78, 5) is 32.0. The average molecular weight is 532 g/mol. The zero-order valence-corrected chi connectivity index (χ0v) is 22.7. The van der Waals surface area contributed by atoms with Gasteiger partial charge in [0.1, 0.15) is 0 Å². The van der Waals surface area contributed by atoms with Gasteiger partial charge in [-0.2, -0.15) is 0 Å². The molecule has 40 heavy (non-hydrogen) atoms. The zero-order valence-electron chi connectivity index (χ0n) is 22.7. The molecular formula is C34H33N3O3. The van der Waals surface area contributed by atoms with Crippen molar-refractivity contribution in [3.05, 3.63) is 125 Å². The summed E-state index contributed by atoms with van der Waals surface area (Å²) < 4.78 is 4.95. The van der Waals surface area contributed by atoms with Crippen molar-refractivity contribution in [3.8, 4) is 11.1 Å². The maximum atomic E-state index is 13.1. The lowest BCUT2D eigenvalue weighted by Gasteiger charge is -2.32. The molecule has 1 saturated carbocycles. The second kappa shape index (κ2) is 11.4. The van der Waals surface area contributed by atoms with Gasteiger partial charge in [0, 0.05) is 44.5 Å². The molecule has 0 bridgehead atoms. The van der Waals surface area contributed by atoms with Gasteiger partial charge < -0.3 is 10.1 Å². The molecule has 0 unspecified atom stereocenters. The third kappa shape index (κ3) is 5.54. The number of hydrogen-bond acceptors (Lipinski definition) is 5. The van der Waals surface area contributed by atoms with E-state index in [1.807, 2.05) is 48.7 Å². The number of hydrogen-bond donors (Lipinski definition) is 1. The predicted molar refractivity (Wildman–Crippen MR) is 154 cm³/mol. The topological polar surface area (TPSA) is 71.5 Å². The van der Waals surface area contributed by atoms with Crippen molar-refractivity contribution in [1.82, 2.24) is 15.2 Å². The number of benzene rings is 3. The molecular weight excluding hydrogens is 498 g/mol. The first-order valence-corrected chi connectivity index (χ1v) is 13.9. The molecule has 1 fully saturated rings. The van der Waals surface area contributed by atoms with E-state index < -0.39 is 0 Å². The van der Waals surface area contributed by atoms with Crippen molar-refractivity contribution in [1.29, 1.82) is 0 Å².